The van der Waals surface area contributed by atoms with Crippen LogP contribution < -0.4 is 0 Å². The number of hydrogen-bond acceptors (Lipinski definition) is 4. The quantitative estimate of drug-likeness (QED) is 0.873. The van der Waals surface area contributed by atoms with E-state index in [0.29, 0.717) is 43.5 Å². The van der Waals surface area contributed by atoms with Crippen molar-refractivity contribution < 1.29 is 23.4 Å². The van der Waals surface area contributed by atoms with Crippen LogP contribution in [0.15, 0.2) is 42.6 Å². The van der Waals surface area contributed by atoms with Crippen LogP contribution in [0.3, 0.4) is 0 Å². The van der Waals surface area contributed by atoms with E-state index in [-0.39, 0.29) is 17.7 Å². The summed E-state index contributed by atoms with van der Waals surface area (Å²) in [5.41, 5.74) is 0.580. The van der Waals surface area contributed by atoms with E-state index >= 15 is 0 Å². The first-order chi connectivity index (χ1) is 13.5. The Morgan fingerprint density at radius 2 is 1.93 bits per heavy atom. The predicted octanol–water partition coefficient (Wildman–Crippen LogP) is 3.17. The summed E-state index contributed by atoms with van der Waals surface area (Å²) in [5.74, 6) is -0.356. The largest absolute Gasteiger partial charge is 0.393 e. The highest BCUT2D eigenvalue weighted by Crippen LogP contribution is 2.43. The number of halogens is 2. The highest BCUT2D eigenvalue weighted by Gasteiger charge is 2.44. The van der Waals surface area contributed by atoms with E-state index in [1.54, 1.807) is 4.90 Å². The zero-order chi connectivity index (χ0) is 19.7. The molecule has 1 amide bonds. The SMILES string of the molecule is O=C(c1ccn(C(F)F)n1)N1CCC2(CC1)C[C@H](O)C[C@H](c1ccccc1)O2. The summed E-state index contributed by atoms with van der Waals surface area (Å²) in [6, 6.07) is 11.1. The standard InChI is InChI=1S/C20H23F2N3O3/c21-19(22)25-9-6-16(23-25)18(27)24-10-7-20(8-11-24)13-15(26)12-17(28-20)14-4-2-1-3-5-14/h1-6,9,15,17,19,26H,7-8,10-13H2/t15-,17-/m1/s1. The summed E-state index contributed by atoms with van der Waals surface area (Å²) >= 11 is 0. The molecule has 0 bridgehead atoms. The van der Waals surface area contributed by atoms with Gasteiger partial charge in [0.25, 0.3) is 5.91 Å². The predicted molar refractivity (Wildman–Crippen MR) is 96.9 cm³/mol. The van der Waals surface area contributed by atoms with Crippen molar-refractivity contribution in [3.63, 3.8) is 0 Å². The molecule has 2 fully saturated rings. The average molecular weight is 391 g/mol. The summed E-state index contributed by atoms with van der Waals surface area (Å²) < 4.78 is 32.2. The van der Waals surface area contributed by atoms with Crippen molar-refractivity contribution in [1.29, 1.82) is 0 Å². The van der Waals surface area contributed by atoms with Crippen LogP contribution in [0, 0.1) is 0 Å². The van der Waals surface area contributed by atoms with E-state index in [1.165, 1.54) is 6.07 Å². The maximum absolute atomic E-state index is 12.7. The number of likely N-dealkylation sites (tertiary alicyclic amines) is 1. The minimum Gasteiger partial charge on any atom is -0.393 e. The van der Waals surface area contributed by atoms with Crippen LogP contribution in [-0.2, 0) is 4.74 Å². The van der Waals surface area contributed by atoms with Crippen LogP contribution in [0.4, 0.5) is 8.78 Å². The molecule has 1 spiro atoms. The van der Waals surface area contributed by atoms with E-state index in [4.69, 9.17) is 4.74 Å². The Labute approximate surface area is 161 Å². The lowest BCUT2D eigenvalue weighted by Gasteiger charge is -2.48. The molecule has 3 heterocycles. The zero-order valence-corrected chi connectivity index (χ0v) is 15.4. The molecule has 2 aliphatic heterocycles. The number of rotatable bonds is 3. The molecule has 2 aromatic rings. The molecule has 0 unspecified atom stereocenters. The molecule has 6 nitrogen and oxygen atoms in total. The van der Waals surface area contributed by atoms with Crippen molar-refractivity contribution in [1.82, 2.24) is 14.7 Å². The van der Waals surface area contributed by atoms with E-state index in [9.17, 15) is 18.7 Å². The molecule has 1 aromatic carbocycles. The fourth-order valence-electron chi connectivity index (χ4n) is 4.19. The van der Waals surface area contributed by atoms with Crippen molar-refractivity contribution >= 4 is 5.91 Å². The summed E-state index contributed by atoms with van der Waals surface area (Å²) in [7, 11) is 0. The Hall–Kier alpha value is -2.32. The number of alkyl halides is 2. The van der Waals surface area contributed by atoms with Crippen LogP contribution in [0.2, 0.25) is 0 Å². The second kappa shape index (κ2) is 7.60. The number of benzene rings is 1. The lowest BCUT2D eigenvalue weighted by molar-refractivity contribution is -0.181. The van der Waals surface area contributed by atoms with Crippen LogP contribution in [0.5, 0.6) is 0 Å². The summed E-state index contributed by atoms with van der Waals surface area (Å²) in [5, 5.41) is 14.1. The lowest BCUT2D eigenvalue weighted by Crippen LogP contribution is -2.52. The van der Waals surface area contributed by atoms with Gasteiger partial charge >= 0.3 is 6.55 Å². The minimum absolute atomic E-state index is 0.0167. The van der Waals surface area contributed by atoms with Crippen molar-refractivity contribution in [3.8, 4) is 0 Å². The number of carbonyl (C=O) groups excluding carboxylic acids is 1. The number of aliphatic hydroxyl groups excluding tert-OH is 1. The molecule has 28 heavy (non-hydrogen) atoms. The Kier molecular flexibility index (Phi) is 5.16. The van der Waals surface area contributed by atoms with Gasteiger partial charge in [-0.05, 0) is 24.5 Å². The second-order valence-corrected chi connectivity index (χ2v) is 7.54. The zero-order valence-electron chi connectivity index (χ0n) is 15.4. The average Bonchev–Trinajstić information content (AvgIpc) is 3.19. The van der Waals surface area contributed by atoms with Gasteiger partial charge in [-0.3, -0.25) is 4.79 Å². The Bertz CT molecular complexity index is 819. The van der Waals surface area contributed by atoms with Gasteiger partial charge in [0.05, 0.1) is 17.8 Å². The Morgan fingerprint density at radius 1 is 1.21 bits per heavy atom. The van der Waals surface area contributed by atoms with Gasteiger partial charge in [-0.1, -0.05) is 30.3 Å². The third-order valence-electron chi connectivity index (χ3n) is 5.65. The monoisotopic (exact) mass is 391 g/mol. The number of carbonyl (C=O) groups is 1. The maximum atomic E-state index is 12.7. The molecule has 0 radical (unpaired) electrons. The Morgan fingerprint density at radius 3 is 2.57 bits per heavy atom. The van der Waals surface area contributed by atoms with Gasteiger partial charge in [-0.2, -0.15) is 13.9 Å². The van der Waals surface area contributed by atoms with Crippen molar-refractivity contribution in [2.75, 3.05) is 13.1 Å². The molecule has 0 saturated carbocycles. The van der Waals surface area contributed by atoms with Gasteiger partial charge in [-0.15, -0.1) is 0 Å². The van der Waals surface area contributed by atoms with Crippen molar-refractivity contribution in [2.45, 2.75) is 50.0 Å². The third kappa shape index (κ3) is 3.79. The van der Waals surface area contributed by atoms with Crippen LogP contribution in [0.25, 0.3) is 0 Å². The number of nitrogens with zero attached hydrogens (tertiary/aromatic N) is 3. The smallest absolute Gasteiger partial charge is 0.333 e. The molecule has 1 N–H and O–H groups in total. The van der Waals surface area contributed by atoms with Crippen molar-refractivity contribution in [3.05, 3.63) is 53.9 Å². The first-order valence-electron chi connectivity index (χ1n) is 9.49. The minimum atomic E-state index is -2.77. The van der Waals surface area contributed by atoms with E-state index < -0.39 is 18.3 Å². The summed E-state index contributed by atoms with van der Waals surface area (Å²) in [4.78, 5) is 14.2. The molecule has 8 heteroatoms. The fraction of sp³-hybridized carbons (Fsp3) is 0.500. The number of aliphatic hydroxyl groups is 1. The van der Waals surface area contributed by atoms with Crippen molar-refractivity contribution in [2.24, 2.45) is 0 Å². The van der Waals surface area contributed by atoms with E-state index in [1.807, 2.05) is 30.3 Å². The van der Waals surface area contributed by atoms with Crippen LogP contribution >= 0.6 is 0 Å². The van der Waals surface area contributed by atoms with Gasteiger partial charge < -0.3 is 14.7 Å². The normalized spacial score (nSPS) is 24.6. The highest BCUT2D eigenvalue weighted by molar-refractivity contribution is 5.92. The fourth-order valence-corrected chi connectivity index (χ4v) is 4.19. The maximum Gasteiger partial charge on any atom is 0.333 e. The van der Waals surface area contributed by atoms with Gasteiger partial charge in [0.2, 0.25) is 0 Å². The molecule has 4 rings (SSSR count). The number of hydrogen-bond donors (Lipinski definition) is 1. The second-order valence-electron chi connectivity index (χ2n) is 7.54. The molecule has 2 atom stereocenters. The molecular formula is C20H23F2N3O3. The van der Waals surface area contributed by atoms with Crippen LogP contribution in [-0.4, -0.2) is 50.5 Å². The summed E-state index contributed by atoms with van der Waals surface area (Å²) in [6.45, 7) is -1.89. The highest BCUT2D eigenvalue weighted by atomic mass is 19.3. The molecule has 2 saturated heterocycles. The first kappa shape index (κ1) is 19.0. The lowest BCUT2D eigenvalue weighted by atomic mass is 9.81. The van der Waals surface area contributed by atoms with Gasteiger partial charge in [0.15, 0.2) is 5.69 Å². The van der Waals surface area contributed by atoms with Gasteiger partial charge in [-0.25, -0.2) is 4.68 Å². The van der Waals surface area contributed by atoms with Gasteiger partial charge in [0, 0.05) is 32.1 Å². The van der Waals surface area contributed by atoms with Crippen LogP contribution in [0.1, 0.15) is 54.4 Å². The topological polar surface area (TPSA) is 67.6 Å². The van der Waals surface area contributed by atoms with E-state index in [2.05, 4.69) is 5.10 Å². The number of piperidine rings is 1. The summed E-state index contributed by atoms with van der Waals surface area (Å²) in [6.07, 6.45) is 2.76. The Balaban J connectivity index is 1.42. The molecule has 0 aliphatic carbocycles. The number of aromatic nitrogens is 2. The number of ether oxygens (including phenoxy) is 1. The number of amides is 1. The third-order valence-corrected chi connectivity index (χ3v) is 5.65. The molecular weight excluding hydrogens is 368 g/mol. The molecule has 1 aromatic heterocycles. The van der Waals surface area contributed by atoms with Gasteiger partial charge in [0.1, 0.15) is 0 Å². The molecule has 150 valence electrons. The van der Waals surface area contributed by atoms with E-state index in [0.717, 1.165) is 11.8 Å². The first-order valence-corrected chi connectivity index (χ1v) is 9.49. The molecule has 2 aliphatic rings.